The van der Waals surface area contributed by atoms with Crippen molar-refractivity contribution in [2.24, 2.45) is 11.7 Å². The Morgan fingerprint density at radius 2 is 1.87 bits per heavy atom. The molecule has 0 unspecified atom stereocenters. The largest absolute Gasteiger partial charge is 0.487 e. The van der Waals surface area contributed by atoms with Gasteiger partial charge in [0.25, 0.3) is 0 Å². The summed E-state index contributed by atoms with van der Waals surface area (Å²) in [5.41, 5.74) is 6.56. The smallest absolute Gasteiger partial charge is 0.324 e. The average Bonchev–Trinajstić information content (AvgIpc) is 3.72. The molecule has 6 rings (SSSR count). The van der Waals surface area contributed by atoms with Crippen molar-refractivity contribution in [2.75, 3.05) is 49.2 Å². The number of anilines is 2. The number of hydrogen-bond donors (Lipinski definition) is 1. The van der Waals surface area contributed by atoms with Gasteiger partial charge in [-0.3, -0.25) is 0 Å². The van der Waals surface area contributed by atoms with Crippen LogP contribution in [0.1, 0.15) is 49.4 Å². The highest BCUT2D eigenvalue weighted by Gasteiger charge is 2.35. The third-order valence-electron chi connectivity index (χ3n) is 8.14. The number of nitrogens with zero attached hydrogens (tertiary/aromatic N) is 6. The van der Waals surface area contributed by atoms with Gasteiger partial charge in [0, 0.05) is 50.7 Å². The third kappa shape index (κ3) is 5.53. The van der Waals surface area contributed by atoms with Gasteiger partial charge < -0.3 is 29.5 Å². The van der Waals surface area contributed by atoms with Crippen LogP contribution in [0.5, 0.6) is 5.75 Å². The average molecular weight is 542 g/mol. The molecule has 0 saturated carbocycles. The quantitative estimate of drug-likeness (QED) is 0.478. The van der Waals surface area contributed by atoms with E-state index in [0.717, 1.165) is 56.9 Å². The van der Waals surface area contributed by atoms with Gasteiger partial charge in [-0.1, -0.05) is 5.16 Å². The second-order valence-corrected chi connectivity index (χ2v) is 10.7. The summed E-state index contributed by atoms with van der Waals surface area (Å²) in [6.45, 7) is 5.96. The number of rotatable bonds is 7. The Morgan fingerprint density at radius 3 is 2.62 bits per heavy atom. The Morgan fingerprint density at radius 1 is 1.08 bits per heavy atom. The maximum Gasteiger partial charge on any atom is 0.324 e. The monoisotopic (exact) mass is 541 g/mol. The highest BCUT2D eigenvalue weighted by molar-refractivity contribution is 5.39. The van der Waals surface area contributed by atoms with Crippen molar-refractivity contribution >= 4 is 12.0 Å². The molecule has 3 aromatic rings. The summed E-state index contributed by atoms with van der Waals surface area (Å²) >= 11 is 0. The first kappa shape index (κ1) is 25.9. The number of hydrogen-bond acceptors (Lipinski definition) is 10. The predicted molar refractivity (Wildman–Crippen MR) is 139 cm³/mol. The highest BCUT2D eigenvalue weighted by atomic mass is 19.1. The van der Waals surface area contributed by atoms with E-state index in [0.29, 0.717) is 43.3 Å². The van der Waals surface area contributed by atoms with Gasteiger partial charge in [-0.15, -0.1) is 0 Å². The minimum Gasteiger partial charge on any atom is -0.487 e. The fraction of sp³-hybridized carbons (Fsp3) is 0.556. The molecule has 0 amide bonds. The number of aromatic nitrogens is 4. The molecule has 39 heavy (non-hydrogen) atoms. The van der Waals surface area contributed by atoms with Crippen molar-refractivity contribution in [3.63, 3.8) is 0 Å². The predicted octanol–water partition coefficient (Wildman–Crippen LogP) is 3.26. The van der Waals surface area contributed by atoms with Crippen molar-refractivity contribution in [2.45, 2.75) is 50.2 Å². The first-order chi connectivity index (χ1) is 18.9. The second-order valence-electron chi connectivity index (χ2n) is 10.7. The highest BCUT2D eigenvalue weighted by Crippen LogP contribution is 2.32. The van der Waals surface area contributed by atoms with Gasteiger partial charge >= 0.3 is 6.01 Å². The van der Waals surface area contributed by atoms with Gasteiger partial charge in [-0.05, 0) is 55.9 Å². The van der Waals surface area contributed by atoms with Crippen LogP contribution >= 0.6 is 0 Å². The number of halogens is 2. The lowest BCUT2D eigenvalue weighted by Crippen LogP contribution is -2.38. The summed E-state index contributed by atoms with van der Waals surface area (Å²) in [6, 6.07) is 3.69. The number of nitrogens with two attached hydrogens (primary N) is 1. The van der Waals surface area contributed by atoms with E-state index in [4.69, 9.17) is 19.7 Å². The van der Waals surface area contributed by atoms with Crippen LogP contribution in [0.15, 0.2) is 35.1 Å². The maximum atomic E-state index is 14.3. The first-order valence-electron chi connectivity index (χ1n) is 13.5. The molecule has 4 atom stereocenters. The van der Waals surface area contributed by atoms with Crippen LogP contribution in [0.3, 0.4) is 0 Å². The lowest BCUT2D eigenvalue weighted by molar-refractivity contribution is 0.131. The van der Waals surface area contributed by atoms with Crippen LogP contribution in [-0.2, 0) is 4.74 Å². The fourth-order valence-electron chi connectivity index (χ4n) is 5.78. The molecule has 5 heterocycles. The van der Waals surface area contributed by atoms with Gasteiger partial charge in [-0.25, -0.2) is 18.7 Å². The van der Waals surface area contributed by atoms with Crippen LogP contribution in [-0.4, -0.2) is 71.6 Å². The van der Waals surface area contributed by atoms with E-state index in [9.17, 15) is 8.78 Å². The number of benzene rings is 1. The Balaban J connectivity index is 1.01. The van der Waals surface area contributed by atoms with E-state index in [1.807, 2.05) is 4.90 Å². The number of ether oxygens (including phenoxy) is 2. The van der Waals surface area contributed by atoms with Gasteiger partial charge in [0.1, 0.15) is 11.6 Å². The summed E-state index contributed by atoms with van der Waals surface area (Å²) < 4.78 is 45.2. The van der Waals surface area contributed by atoms with Crippen LogP contribution in [0, 0.1) is 17.6 Å². The van der Waals surface area contributed by atoms with Gasteiger partial charge in [-0.2, -0.15) is 4.98 Å². The van der Waals surface area contributed by atoms with E-state index in [-0.39, 0.29) is 29.5 Å². The normalized spacial score (nSPS) is 24.9. The zero-order chi connectivity index (χ0) is 26.9. The summed E-state index contributed by atoms with van der Waals surface area (Å²) in [4.78, 5) is 17.6. The molecule has 0 radical (unpaired) electrons. The van der Waals surface area contributed by atoms with E-state index < -0.39 is 11.6 Å². The Kier molecular flexibility index (Phi) is 7.30. The summed E-state index contributed by atoms with van der Waals surface area (Å²) in [5, 5.41) is 4.16. The molecule has 10 nitrogen and oxygen atoms in total. The molecular weight excluding hydrogens is 508 g/mol. The lowest BCUT2D eigenvalue weighted by atomic mass is 9.92. The molecular formula is C27H33F2N7O3. The van der Waals surface area contributed by atoms with E-state index in [1.54, 1.807) is 12.4 Å². The minimum absolute atomic E-state index is 0.0176. The molecule has 3 aliphatic rings. The van der Waals surface area contributed by atoms with Gasteiger partial charge in [0.05, 0.1) is 25.1 Å². The molecule has 3 aliphatic heterocycles. The summed E-state index contributed by atoms with van der Waals surface area (Å²) in [5.74, 6) is 1.12. The van der Waals surface area contributed by atoms with E-state index >= 15 is 0 Å². The molecule has 0 aliphatic carbocycles. The molecule has 3 saturated heterocycles. The second kappa shape index (κ2) is 11.0. The fourth-order valence-corrected chi connectivity index (χ4v) is 5.78. The Labute approximate surface area is 225 Å². The standard InChI is InChI=1S/C27H33F2N7O3/c1-16(17-4-7-35(8-5-17)27-33-25(34-39-27)18-6-9-37-15-18)38-20-11-31-26(32-12-20)36-13-22(24(30)14-36)21-10-19(28)2-3-23(21)29/h2-3,10-12,16-18,22,24H,4-9,13-15,30H2,1H3/t16-,18+,22+,24-/m0/s1. The van der Waals surface area contributed by atoms with Crippen LogP contribution in [0.4, 0.5) is 20.7 Å². The zero-order valence-electron chi connectivity index (χ0n) is 21.9. The Bertz CT molecular complexity index is 1260. The SMILES string of the molecule is C[C@H](Oc1cnc(N2C[C@H](c3cc(F)ccc3F)[C@@H](N)C2)nc1)C1CCN(c2nc([C@@H]3CCOC3)no2)CC1. The molecule has 208 valence electrons. The Hall–Kier alpha value is -3.38. The van der Waals surface area contributed by atoms with Crippen molar-refractivity contribution in [1.29, 1.82) is 0 Å². The molecule has 0 bridgehead atoms. The van der Waals surface area contributed by atoms with Crippen molar-refractivity contribution in [3.05, 3.63) is 53.6 Å². The minimum atomic E-state index is -0.478. The van der Waals surface area contributed by atoms with Crippen LogP contribution in [0.25, 0.3) is 0 Å². The van der Waals surface area contributed by atoms with Crippen molar-refractivity contribution in [3.8, 4) is 5.75 Å². The number of piperidine rings is 1. The maximum absolute atomic E-state index is 14.3. The molecule has 1 aromatic carbocycles. The molecule has 12 heteroatoms. The van der Waals surface area contributed by atoms with E-state index in [2.05, 4.69) is 31.9 Å². The summed E-state index contributed by atoms with van der Waals surface area (Å²) in [6.07, 6.45) is 6.10. The van der Waals surface area contributed by atoms with Crippen LogP contribution in [0.2, 0.25) is 0 Å². The lowest BCUT2D eigenvalue weighted by Gasteiger charge is -2.33. The summed E-state index contributed by atoms with van der Waals surface area (Å²) in [7, 11) is 0. The van der Waals surface area contributed by atoms with E-state index in [1.165, 1.54) is 6.07 Å². The first-order valence-corrected chi connectivity index (χ1v) is 13.5. The van der Waals surface area contributed by atoms with Crippen LogP contribution < -0.4 is 20.3 Å². The van der Waals surface area contributed by atoms with Crippen molar-refractivity contribution < 1.29 is 22.8 Å². The molecule has 0 spiro atoms. The van der Waals surface area contributed by atoms with Gasteiger partial charge in [0.2, 0.25) is 5.95 Å². The van der Waals surface area contributed by atoms with Crippen molar-refractivity contribution in [1.82, 2.24) is 20.1 Å². The third-order valence-corrected chi connectivity index (χ3v) is 8.14. The molecule has 3 fully saturated rings. The topological polar surface area (TPSA) is 116 Å². The zero-order valence-corrected chi connectivity index (χ0v) is 21.9. The molecule has 2 N–H and O–H groups in total. The molecule has 2 aromatic heterocycles. The van der Waals surface area contributed by atoms with Gasteiger partial charge in [0.15, 0.2) is 11.6 Å².